The van der Waals surface area contributed by atoms with Gasteiger partial charge in [0.2, 0.25) is 0 Å². The number of anilines is 1. The van der Waals surface area contributed by atoms with Gasteiger partial charge in [-0.05, 0) is 47.4 Å². The van der Waals surface area contributed by atoms with Gasteiger partial charge in [0.1, 0.15) is 0 Å². The average molecular weight is 339 g/mol. The molecule has 0 saturated carbocycles. The molecule has 2 rings (SSSR count). The van der Waals surface area contributed by atoms with Gasteiger partial charge in [0.25, 0.3) is 0 Å². The highest BCUT2D eigenvalue weighted by Crippen LogP contribution is 2.23. The van der Waals surface area contributed by atoms with Crippen LogP contribution < -0.4 is 5.32 Å². The zero-order valence-electron chi connectivity index (χ0n) is 11.1. The summed E-state index contributed by atoms with van der Waals surface area (Å²) >= 11 is 9.56. The van der Waals surface area contributed by atoms with Crippen molar-refractivity contribution in [3.8, 4) is 0 Å². The minimum absolute atomic E-state index is 0.541. The highest BCUT2D eigenvalue weighted by atomic mass is 79.9. The van der Waals surface area contributed by atoms with Crippen LogP contribution in [0.3, 0.4) is 0 Å². The Kier molecular flexibility index (Phi) is 4.89. The normalized spacial score (nSPS) is 10.8. The van der Waals surface area contributed by atoms with Gasteiger partial charge in [0.05, 0.1) is 0 Å². The average Bonchev–Trinajstić information content (AvgIpc) is 2.40. The minimum Gasteiger partial charge on any atom is -0.381 e. The molecule has 0 bridgehead atoms. The fraction of sp³-hybridized carbons (Fsp3) is 0.250. The second kappa shape index (κ2) is 6.44. The van der Waals surface area contributed by atoms with Crippen LogP contribution in [0, 0.1) is 0 Å². The predicted octanol–water partition coefficient (Wildman–Crippen LogP) is 5.84. The van der Waals surface area contributed by atoms with Crippen LogP contribution in [0.15, 0.2) is 46.9 Å². The first-order valence-electron chi connectivity index (χ1n) is 6.34. The first-order valence-corrected chi connectivity index (χ1v) is 7.51. The molecular weight excluding hydrogens is 322 g/mol. The van der Waals surface area contributed by atoms with Crippen molar-refractivity contribution in [3.05, 3.63) is 63.1 Å². The van der Waals surface area contributed by atoms with Crippen LogP contribution in [0.5, 0.6) is 0 Å². The van der Waals surface area contributed by atoms with Gasteiger partial charge in [0.15, 0.2) is 0 Å². The maximum atomic E-state index is 6.02. The van der Waals surface area contributed by atoms with E-state index in [0.29, 0.717) is 5.92 Å². The highest BCUT2D eigenvalue weighted by Gasteiger charge is 2.03. The highest BCUT2D eigenvalue weighted by molar-refractivity contribution is 9.10. The van der Waals surface area contributed by atoms with Crippen LogP contribution >= 0.6 is 27.5 Å². The Labute approximate surface area is 128 Å². The molecule has 2 aromatic carbocycles. The van der Waals surface area contributed by atoms with Crippen LogP contribution in [-0.4, -0.2) is 0 Å². The molecule has 100 valence electrons. The van der Waals surface area contributed by atoms with Gasteiger partial charge in [-0.15, -0.1) is 0 Å². The van der Waals surface area contributed by atoms with E-state index in [1.165, 1.54) is 5.56 Å². The molecule has 0 aliphatic rings. The topological polar surface area (TPSA) is 12.0 Å². The van der Waals surface area contributed by atoms with E-state index >= 15 is 0 Å². The maximum Gasteiger partial charge on any atom is 0.0412 e. The quantitative estimate of drug-likeness (QED) is 0.738. The molecule has 0 atom stereocenters. The van der Waals surface area contributed by atoms with E-state index in [1.807, 2.05) is 18.2 Å². The van der Waals surface area contributed by atoms with Gasteiger partial charge in [-0.3, -0.25) is 0 Å². The maximum absolute atomic E-state index is 6.02. The standard InChI is InChI=1S/C16H17BrClN/c1-11(2)12-4-3-5-15(9-12)19-10-13-8-14(18)6-7-16(13)17/h3-9,11,19H,10H2,1-2H3. The van der Waals surface area contributed by atoms with Crippen molar-refractivity contribution in [1.29, 1.82) is 0 Å². The number of nitrogens with one attached hydrogen (secondary N) is 1. The van der Waals surface area contributed by atoms with Crippen LogP contribution in [0.4, 0.5) is 5.69 Å². The van der Waals surface area contributed by atoms with Crippen LogP contribution in [0.2, 0.25) is 5.02 Å². The smallest absolute Gasteiger partial charge is 0.0412 e. The molecule has 0 spiro atoms. The Morgan fingerprint density at radius 3 is 2.68 bits per heavy atom. The summed E-state index contributed by atoms with van der Waals surface area (Å²) in [5, 5.41) is 4.20. The van der Waals surface area contributed by atoms with Gasteiger partial charge >= 0.3 is 0 Å². The van der Waals surface area contributed by atoms with Crippen LogP contribution in [0.25, 0.3) is 0 Å². The summed E-state index contributed by atoms with van der Waals surface area (Å²) in [6, 6.07) is 14.4. The van der Waals surface area contributed by atoms with E-state index < -0.39 is 0 Å². The fourth-order valence-electron chi connectivity index (χ4n) is 1.88. The number of hydrogen-bond acceptors (Lipinski definition) is 1. The number of halogens is 2. The SMILES string of the molecule is CC(C)c1cccc(NCc2cc(Cl)ccc2Br)c1. The Balaban J connectivity index is 2.10. The number of rotatable bonds is 4. The van der Waals surface area contributed by atoms with E-state index in [-0.39, 0.29) is 0 Å². The third-order valence-corrected chi connectivity index (χ3v) is 4.05. The Morgan fingerprint density at radius 1 is 1.16 bits per heavy atom. The van der Waals surface area contributed by atoms with Gasteiger partial charge in [-0.2, -0.15) is 0 Å². The van der Waals surface area contributed by atoms with Crippen molar-refractivity contribution in [3.63, 3.8) is 0 Å². The Morgan fingerprint density at radius 2 is 1.95 bits per heavy atom. The third-order valence-electron chi connectivity index (χ3n) is 3.04. The summed E-state index contributed by atoms with van der Waals surface area (Å²) in [6.45, 7) is 5.15. The molecule has 0 aromatic heterocycles. The molecule has 0 unspecified atom stereocenters. The first-order chi connectivity index (χ1) is 9.06. The summed E-state index contributed by atoms with van der Waals surface area (Å²) in [7, 11) is 0. The van der Waals surface area contributed by atoms with E-state index in [0.717, 1.165) is 27.3 Å². The molecule has 1 N–H and O–H groups in total. The van der Waals surface area contributed by atoms with Crippen molar-refractivity contribution >= 4 is 33.2 Å². The van der Waals surface area contributed by atoms with Crippen molar-refractivity contribution in [2.45, 2.75) is 26.3 Å². The van der Waals surface area contributed by atoms with E-state index in [1.54, 1.807) is 0 Å². The van der Waals surface area contributed by atoms with E-state index in [2.05, 4.69) is 59.4 Å². The molecule has 0 amide bonds. The Bertz CT molecular complexity index is 566. The Hall–Kier alpha value is -0.990. The monoisotopic (exact) mass is 337 g/mol. The van der Waals surface area contributed by atoms with Gasteiger partial charge in [-0.1, -0.05) is 53.5 Å². The van der Waals surface area contributed by atoms with Crippen LogP contribution in [0.1, 0.15) is 30.9 Å². The van der Waals surface area contributed by atoms with Crippen LogP contribution in [-0.2, 0) is 6.54 Å². The summed E-state index contributed by atoms with van der Waals surface area (Å²) in [4.78, 5) is 0. The minimum atomic E-state index is 0.541. The zero-order chi connectivity index (χ0) is 13.8. The summed E-state index contributed by atoms with van der Waals surface area (Å²) in [5.74, 6) is 0.541. The second-order valence-corrected chi connectivity index (χ2v) is 6.16. The lowest BCUT2D eigenvalue weighted by atomic mass is 10.0. The van der Waals surface area contributed by atoms with Crippen molar-refractivity contribution in [2.75, 3.05) is 5.32 Å². The summed E-state index contributed by atoms with van der Waals surface area (Å²) in [6.07, 6.45) is 0. The lowest BCUT2D eigenvalue weighted by molar-refractivity contribution is 0.866. The second-order valence-electron chi connectivity index (χ2n) is 4.87. The summed E-state index contributed by atoms with van der Waals surface area (Å²) < 4.78 is 1.07. The van der Waals surface area contributed by atoms with Gasteiger partial charge in [0, 0.05) is 21.7 Å². The zero-order valence-corrected chi connectivity index (χ0v) is 13.4. The molecule has 0 heterocycles. The molecule has 0 radical (unpaired) electrons. The predicted molar refractivity (Wildman–Crippen MR) is 87.0 cm³/mol. The van der Waals surface area contributed by atoms with E-state index in [9.17, 15) is 0 Å². The molecule has 0 fully saturated rings. The molecule has 19 heavy (non-hydrogen) atoms. The largest absolute Gasteiger partial charge is 0.381 e. The molecule has 0 saturated heterocycles. The number of hydrogen-bond donors (Lipinski definition) is 1. The molecular formula is C16H17BrClN. The summed E-state index contributed by atoms with van der Waals surface area (Å²) in [5.41, 5.74) is 3.63. The van der Waals surface area contributed by atoms with Gasteiger partial charge in [-0.25, -0.2) is 0 Å². The van der Waals surface area contributed by atoms with Crippen molar-refractivity contribution in [1.82, 2.24) is 0 Å². The molecule has 3 heteroatoms. The molecule has 0 aliphatic heterocycles. The molecule has 1 nitrogen and oxygen atoms in total. The lowest BCUT2D eigenvalue weighted by Gasteiger charge is -2.11. The number of benzene rings is 2. The molecule has 2 aromatic rings. The van der Waals surface area contributed by atoms with Crippen molar-refractivity contribution < 1.29 is 0 Å². The van der Waals surface area contributed by atoms with E-state index in [4.69, 9.17) is 11.6 Å². The fourth-order valence-corrected chi connectivity index (χ4v) is 2.47. The first kappa shape index (κ1) is 14.4. The molecule has 0 aliphatic carbocycles. The lowest BCUT2D eigenvalue weighted by Crippen LogP contribution is -2.01. The third kappa shape index (κ3) is 3.99. The van der Waals surface area contributed by atoms with Gasteiger partial charge < -0.3 is 5.32 Å². The van der Waals surface area contributed by atoms with Crippen molar-refractivity contribution in [2.24, 2.45) is 0 Å².